The van der Waals surface area contributed by atoms with Crippen molar-refractivity contribution in [1.82, 2.24) is 9.13 Å². The lowest BCUT2D eigenvalue weighted by Crippen LogP contribution is -1.94. The van der Waals surface area contributed by atoms with Crippen LogP contribution in [-0.2, 0) is 0 Å². The number of nitrogens with zero attached hydrogens (tertiary/aromatic N) is 2. The van der Waals surface area contributed by atoms with E-state index < -0.39 is 0 Å². The molecule has 13 rings (SSSR count). The fourth-order valence-corrected chi connectivity index (χ4v) is 10.5. The van der Waals surface area contributed by atoms with Gasteiger partial charge in [-0.25, -0.2) is 0 Å². The minimum atomic E-state index is 0.934. The maximum Gasteiger partial charge on any atom is 0.144 e. The summed E-state index contributed by atoms with van der Waals surface area (Å²) >= 11 is 1.84. The van der Waals surface area contributed by atoms with E-state index in [-0.39, 0.29) is 0 Å². The third-order valence-corrected chi connectivity index (χ3v) is 13.0. The smallest absolute Gasteiger partial charge is 0.144 e. The molecule has 0 aliphatic rings. The van der Waals surface area contributed by atoms with Crippen LogP contribution in [0.3, 0.4) is 0 Å². The third kappa shape index (κ3) is 4.16. The Kier molecular flexibility index (Phi) is 6.04. The molecule has 260 valence electrons. The summed E-state index contributed by atoms with van der Waals surface area (Å²) < 4.78 is 13.8. The van der Waals surface area contributed by atoms with Crippen LogP contribution in [-0.4, -0.2) is 9.13 Å². The van der Waals surface area contributed by atoms with Crippen LogP contribution >= 0.6 is 11.3 Å². The van der Waals surface area contributed by atoms with Crippen LogP contribution < -0.4 is 0 Å². The first-order valence-electron chi connectivity index (χ1n) is 19.1. The van der Waals surface area contributed by atoms with Gasteiger partial charge in [-0.1, -0.05) is 103 Å². The molecule has 0 spiro atoms. The molecule has 4 aromatic heterocycles. The molecule has 0 atom stereocenters. The Balaban J connectivity index is 0.967. The number of hydrogen-bond acceptors (Lipinski definition) is 2. The van der Waals surface area contributed by atoms with Crippen molar-refractivity contribution in [2.24, 2.45) is 0 Å². The van der Waals surface area contributed by atoms with Crippen LogP contribution in [0, 0.1) is 0 Å². The third-order valence-electron chi connectivity index (χ3n) is 11.9. The lowest BCUT2D eigenvalue weighted by Gasteiger charge is -2.10. The summed E-state index contributed by atoms with van der Waals surface area (Å²) in [5.41, 5.74) is 11.5. The number of furan rings is 1. The van der Waals surface area contributed by atoms with Crippen LogP contribution in [0.5, 0.6) is 0 Å². The molecular formula is C52H30N2OS. The van der Waals surface area contributed by atoms with Gasteiger partial charge in [0.15, 0.2) is 0 Å². The van der Waals surface area contributed by atoms with Crippen molar-refractivity contribution in [2.75, 3.05) is 0 Å². The normalized spacial score (nSPS) is 12.3. The Morgan fingerprint density at radius 3 is 1.66 bits per heavy atom. The summed E-state index contributed by atoms with van der Waals surface area (Å²) in [5.74, 6) is 0. The average molecular weight is 731 g/mol. The van der Waals surface area contributed by atoms with Crippen molar-refractivity contribution in [3.63, 3.8) is 0 Å². The number of fused-ring (bicyclic) bond motifs is 14. The van der Waals surface area contributed by atoms with Gasteiger partial charge in [-0.15, -0.1) is 11.3 Å². The van der Waals surface area contributed by atoms with Crippen LogP contribution in [0.25, 0.3) is 119 Å². The molecule has 0 saturated carbocycles. The SMILES string of the molecule is c1ccc2cc(-n3c4ccccc4c4cc(-c5ccc6c(c5)c5ccccc5n6-c5ccc6c(c5)sc5ccc7c8ccccc8oc7c56)ccc43)ccc2c1. The predicted octanol–water partition coefficient (Wildman–Crippen LogP) is 15.0. The van der Waals surface area contributed by atoms with Gasteiger partial charge in [0.1, 0.15) is 11.2 Å². The quantitative estimate of drug-likeness (QED) is 0.177. The van der Waals surface area contributed by atoms with E-state index in [4.69, 9.17) is 4.42 Å². The number of hydrogen-bond donors (Lipinski definition) is 0. The molecule has 0 bridgehead atoms. The second kappa shape index (κ2) is 11.2. The standard InChI is InChI=1S/C52H30N2OS/c1-2-10-32-27-35(20-17-31(32)9-1)53-44-14-6-3-11-37(44)42-28-33(18-24-46(42)53)34-19-25-47-43(29-34)38-12-4-7-15-45(38)54(47)36-21-22-41-50(30-36)56-49-26-23-40-39-13-5-8-16-48(39)55-52(40)51(41)49/h1-30H. The van der Waals surface area contributed by atoms with Gasteiger partial charge >= 0.3 is 0 Å². The van der Waals surface area contributed by atoms with E-state index in [1.807, 2.05) is 17.4 Å². The fourth-order valence-electron chi connectivity index (χ4n) is 9.35. The molecule has 0 amide bonds. The monoisotopic (exact) mass is 730 g/mol. The summed E-state index contributed by atoms with van der Waals surface area (Å²) in [5, 5.41) is 12.3. The highest BCUT2D eigenvalue weighted by Crippen LogP contribution is 2.44. The van der Waals surface area contributed by atoms with Crippen molar-refractivity contribution in [3.05, 3.63) is 182 Å². The largest absolute Gasteiger partial charge is 0.455 e. The summed E-state index contributed by atoms with van der Waals surface area (Å²) in [7, 11) is 0. The Morgan fingerprint density at radius 2 is 0.929 bits per heavy atom. The second-order valence-electron chi connectivity index (χ2n) is 14.9. The van der Waals surface area contributed by atoms with Gasteiger partial charge in [0.25, 0.3) is 0 Å². The first-order chi connectivity index (χ1) is 27.7. The minimum absolute atomic E-state index is 0.934. The highest BCUT2D eigenvalue weighted by atomic mass is 32.1. The summed E-state index contributed by atoms with van der Waals surface area (Å²) in [6.45, 7) is 0. The second-order valence-corrected chi connectivity index (χ2v) is 16.0. The van der Waals surface area contributed by atoms with Crippen LogP contribution in [0.2, 0.25) is 0 Å². The lowest BCUT2D eigenvalue weighted by atomic mass is 10.0. The zero-order valence-electron chi connectivity index (χ0n) is 30.0. The van der Waals surface area contributed by atoms with Crippen molar-refractivity contribution in [1.29, 1.82) is 0 Å². The molecule has 0 unspecified atom stereocenters. The van der Waals surface area contributed by atoms with Crippen molar-refractivity contribution in [3.8, 4) is 22.5 Å². The molecule has 0 aliphatic carbocycles. The highest BCUT2D eigenvalue weighted by molar-refractivity contribution is 7.26. The summed E-state index contributed by atoms with van der Waals surface area (Å²) in [6, 6.07) is 66.6. The van der Waals surface area contributed by atoms with E-state index in [0.717, 1.165) is 22.2 Å². The first-order valence-corrected chi connectivity index (χ1v) is 19.9. The van der Waals surface area contributed by atoms with E-state index in [1.54, 1.807) is 0 Å². The van der Waals surface area contributed by atoms with Crippen LogP contribution in [0.1, 0.15) is 0 Å². The first kappa shape index (κ1) is 30.2. The van der Waals surface area contributed by atoms with E-state index >= 15 is 0 Å². The molecule has 0 aliphatic heterocycles. The zero-order valence-corrected chi connectivity index (χ0v) is 30.8. The molecule has 13 aromatic rings. The zero-order chi connectivity index (χ0) is 36.5. The molecular weight excluding hydrogens is 701 g/mol. The molecule has 4 heteroatoms. The van der Waals surface area contributed by atoms with Gasteiger partial charge in [0, 0.05) is 63.9 Å². The lowest BCUT2D eigenvalue weighted by molar-refractivity contribution is 0.673. The molecule has 0 saturated heterocycles. The van der Waals surface area contributed by atoms with Gasteiger partial charge in [0.2, 0.25) is 0 Å². The van der Waals surface area contributed by atoms with E-state index in [1.165, 1.54) is 96.8 Å². The van der Waals surface area contributed by atoms with Gasteiger partial charge in [-0.2, -0.15) is 0 Å². The van der Waals surface area contributed by atoms with E-state index in [0.29, 0.717) is 0 Å². The number of rotatable bonds is 3. The van der Waals surface area contributed by atoms with E-state index in [2.05, 4.69) is 185 Å². The number of para-hydroxylation sites is 3. The minimum Gasteiger partial charge on any atom is -0.455 e. The van der Waals surface area contributed by atoms with Crippen LogP contribution in [0.4, 0.5) is 0 Å². The highest BCUT2D eigenvalue weighted by Gasteiger charge is 2.19. The molecule has 3 nitrogen and oxygen atoms in total. The Labute approximate surface area is 324 Å². The van der Waals surface area contributed by atoms with Gasteiger partial charge in [-0.05, 0) is 101 Å². The molecule has 4 heterocycles. The Bertz CT molecular complexity index is 3780. The molecule has 9 aromatic carbocycles. The predicted molar refractivity (Wildman–Crippen MR) is 238 cm³/mol. The van der Waals surface area contributed by atoms with Crippen molar-refractivity contribution < 1.29 is 4.42 Å². The molecule has 0 fully saturated rings. The maximum absolute atomic E-state index is 6.48. The molecule has 0 N–H and O–H groups in total. The van der Waals surface area contributed by atoms with Crippen molar-refractivity contribution in [2.45, 2.75) is 0 Å². The molecule has 0 radical (unpaired) electrons. The van der Waals surface area contributed by atoms with Gasteiger partial charge < -0.3 is 13.6 Å². The van der Waals surface area contributed by atoms with Crippen molar-refractivity contribution >= 4 is 108 Å². The number of aromatic nitrogens is 2. The number of benzene rings is 9. The van der Waals surface area contributed by atoms with E-state index in [9.17, 15) is 0 Å². The topological polar surface area (TPSA) is 23.0 Å². The fraction of sp³-hybridized carbons (Fsp3) is 0. The average Bonchev–Trinajstić information content (AvgIpc) is 4.00. The van der Waals surface area contributed by atoms with Gasteiger partial charge in [0.05, 0.1) is 22.1 Å². The Morgan fingerprint density at radius 1 is 0.357 bits per heavy atom. The molecule has 56 heavy (non-hydrogen) atoms. The number of thiophene rings is 1. The Hall–Kier alpha value is -7.14. The summed E-state index contributed by atoms with van der Waals surface area (Å²) in [6.07, 6.45) is 0. The summed E-state index contributed by atoms with van der Waals surface area (Å²) in [4.78, 5) is 0. The van der Waals surface area contributed by atoms with Crippen LogP contribution in [0.15, 0.2) is 186 Å². The maximum atomic E-state index is 6.48. The van der Waals surface area contributed by atoms with Gasteiger partial charge in [-0.3, -0.25) is 0 Å².